The Bertz CT molecular complexity index is 677. The van der Waals surface area contributed by atoms with Crippen LogP contribution in [0.25, 0.3) is 0 Å². The van der Waals surface area contributed by atoms with E-state index in [1.807, 2.05) is 4.90 Å². The molecule has 1 N–H and O–H groups in total. The van der Waals surface area contributed by atoms with E-state index in [2.05, 4.69) is 5.32 Å². The minimum Gasteiger partial charge on any atom is -0.493 e. The highest BCUT2D eigenvalue weighted by atomic mass is 16.5. The van der Waals surface area contributed by atoms with Gasteiger partial charge in [-0.3, -0.25) is 9.59 Å². The van der Waals surface area contributed by atoms with Crippen LogP contribution in [-0.2, 0) is 4.79 Å². The maximum absolute atomic E-state index is 12.6. The number of nitrogens with one attached hydrogen (secondary N) is 1. The fraction of sp³-hybridized carbons (Fsp3) is 0.636. The lowest BCUT2D eigenvalue weighted by atomic mass is 9.86. The summed E-state index contributed by atoms with van der Waals surface area (Å²) in [6.45, 7) is 1.45. The molecule has 1 heterocycles. The Morgan fingerprint density at radius 2 is 1.68 bits per heavy atom. The number of carbonyl (C=O) groups excluding carboxylic acids is 2. The van der Waals surface area contributed by atoms with Gasteiger partial charge < -0.3 is 19.7 Å². The zero-order chi connectivity index (χ0) is 19.9. The van der Waals surface area contributed by atoms with E-state index in [4.69, 9.17) is 9.47 Å². The van der Waals surface area contributed by atoms with Crippen LogP contribution in [0.3, 0.4) is 0 Å². The molecule has 0 bridgehead atoms. The lowest BCUT2D eigenvalue weighted by Crippen LogP contribution is -2.46. The number of hydrogen-bond donors (Lipinski definition) is 1. The number of amides is 2. The van der Waals surface area contributed by atoms with Gasteiger partial charge in [-0.25, -0.2) is 0 Å². The fourth-order valence-electron chi connectivity index (χ4n) is 4.29. The second-order valence-corrected chi connectivity index (χ2v) is 7.91. The van der Waals surface area contributed by atoms with E-state index in [1.54, 1.807) is 32.4 Å². The van der Waals surface area contributed by atoms with Gasteiger partial charge in [0.2, 0.25) is 5.91 Å². The van der Waals surface area contributed by atoms with Crippen LogP contribution in [0.4, 0.5) is 0 Å². The smallest absolute Gasteiger partial charge is 0.251 e. The van der Waals surface area contributed by atoms with Crippen molar-refractivity contribution in [1.29, 1.82) is 0 Å². The lowest BCUT2D eigenvalue weighted by molar-refractivity contribution is -0.133. The van der Waals surface area contributed by atoms with E-state index in [-0.39, 0.29) is 17.9 Å². The summed E-state index contributed by atoms with van der Waals surface area (Å²) < 4.78 is 10.5. The van der Waals surface area contributed by atoms with Crippen molar-refractivity contribution in [2.75, 3.05) is 27.3 Å². The molecule has 1 aliphatic carbocycles. The number of hydrogen-bond acceptors (Lipinski definition) is 4. The summed E-state index contributed by atoms with van der Waals surface area (Å²) in [6, 6.07) is 5.26. The molecule has 2 fully saturated rings. The number of carbonyl (C=O) groups is 2. The third-order valence-electron chi connectivity index (χ3n) is 6.02. The number of nitrogens with zero attached hydrogens (tertiary/aromatic N) is 1. The molecule has 0 aromatic heterocycles. The molecule has 0 atom stereocenters. The van der Waals surface area contributed by atoms with E-state index in [1.165, 1.54) is 32.1 Å². The molecule has 0 radical (unpaired) electrons. The molecule has 1 aromatic rings. The quantitative estimate of drug-likeness (QED) is 0.811. The van der Waals surface area contributed by atoms with Crippen LogP contribution in [0.15, 0.2) is 18.2 Å². The zero-order valence-electron chi connectivity index (χ0n) is 17.0. The summed E-state index contributed by atoms with van der Waals surface area (Å²) in [4.78, 5) is 27.1. The normalized spacial score (nSPS) is 18.6. The SMILES string of the molecule is COc1ccc(C(=O)NC2CCN(C(=O)CC3CCCCC3)CC2)cc1OC. The van der Waals surface area contributed by atoms with Crippen molar-refractivity contribution in [3.8, 4) is 11.5 Å². The van der Waals surface area contributed by atoms with Gasteiger partial charge in [-0.2, -0.15) is 0 Å². The van der Waals surface area contributed by atoms with Gasteiger partial charge in [-0.1, -0.05) is 19.3 Å². The van der Waals surface area contributed by atoms with E-state index < -0.39 is 0 Å². The Hall–Kier alpha value is -2.24. The van der Waals surface area contributed by atoms with Gasteiger partial charge in [-0.15, -0.1) is 0 Å². The second-order valence-electron chi connectivity index (χ2n) is 7.91. The summed E-state index contributed by atoms with van der Waals surface area (Å²) in [7, 11) is 3.13. The average molecular weight is 389 g/mol. The van der Waals surface area contributed by atoms with Crippen LogP contribution in [0.2, 0.25) is 0 Å². The Labute approximate surface area is 167 Å². The van der Waals surface area contributed by atoms with Crippen LogP contribution in [-0.4, -0.2) is 50.1 Å². The predicted molar refractivity (Wildman–Crippen MR) is 108 cm³/mol. The Balaban J connectivity index is 1.47. The van der Waals surface area contributed by atoms with Crippen LogP contribution in [0.1, 0.15) is 61.7 Å². The van der Waals surface area contributed by atoms with Crippen molar-refractivity contribution < 1.29 is 19.1 Å². The first-order valence-electron chi connectivity index (χ1n) is 10.4. The first-order chi connectivity index (χ1) is 13.6. The second kappa shape index (κ2) is 9.80. The molecule has 1 saturated carbocycles. The Morgan fingerprint density at radius 3 is 2.32 bits per heavy atom. The maximum Gasteiger partial charge on any atom is 0.251 e. The summed E-state index contributed by atoms with van der Waals surface area (Å²) in [5.74, 6) is 1.88. The van der Waals surface area contributed by atoms with Crippen LogP contribution in [0, 0.1) is 5.92 Å². The summed E-state index contributed by atoms with van der Waals surface area (Å²) >= 11 is 0. The van der Waals surface area contributed by atoms with E-state index >= 15 is 0 Å². The number of benzene rings is 1. The maximum atomic E-state index is 12.6. The molecule has 2 amide bonds. The van der Waals surface area contributed by atoms with Crippen molar-refractivity contribution >= 4 is 11.8 Å². The molecule has 28 heavy (non-hydrogen) atoms. The van der Waals surface area contributed by atoms with Gasteiger partial charge in [0.1, 0.15) is 0 Å². The highest BCUT2D eigenvalue weighted by Gasteiger charge is 2.26. The van der Waals surface area contributed by atoms with Crippen LogP contribution in [0.5, 0.6) is 11.5 Å². The number of ether oxygens (including phenoxy) is 2. The minimum atomic E-state index is -0.118. The van der Waals surface area contributed by atoms with Gasteiger partial charge in [0.05, 0.1) is 14.2 Å². The van der Waals surface area contributed by atoms with Crippen molar-refractivity contribution in [2.24, 2.45) is 5.92 Å². The highest BCUT2D eigenvalue weighted by molar-refractivity contribution is 5.95. The molecular formula is C22H32N2O4. The van der Waals surface area contributed by atoms with Gasteiger partial charge in [0.25, 0.3) is 5.91 Å². The number of likely N-dealkylation sites (tertiary alicyclic amines) is 1. The highest BCUT2D eigenvalue weighted by Crippen LogP contribution is 2.28. The summed E-state index contributed by atoms with van der Waals surface area (Å²) in [5, 5.41) is 3.09. The third kappa shape index (κ3) is 5.18. The van der Waals surface area contributed by atoms with Crippen LogP contribution >= 0.6 is 0 Å². The van der Waals surface area contributed by atoms with E-state index in [9.17, 15) is 9.59 Å². The Kier molecular flexibility index (Phi) is 7.18. The summed E-state index contributed by atoms with van der Waals surface area (Å²) in [6.07, 6.45) is 8.54. The zero-order valence-corrected chi connectivity index (χ0v) is 17.0. The van der Waals surface area contributed by atoms with E-state index in [0.29, 0.717) is 29.4 Å². The molecule has 1 aromatic carbocycles. The predicted octanol–water partition coefficient (Wildman–Crippen LogP) is 3.40. The standard InChI is InChI=1S/C22H32N2O4/c1-27-19-9-8-17(15-20(19)28-2)22(26)23-18-10-12-24(13-11-18)21(25)14-16-6-4-3-5-7-16/h8-9,15-16,18H,3-7,10-14H2,1-2H3,(H,23,26). The average Bonchev–Trinajstić information content (AvgIpc) is 2.74. The molecule has 1 saturated heterocycles. The first-order valence-corrected chi connectivity index (χ1v) is 10.4. The first kappa shape index (κ1) is 20.5. The topological polar surface area (TPSA) is 67.9 Å². The van der Waals surface area contributed by atoms with Crippen molar-refractivity contribution in [3.63, 3.8) is 0 Å². The van der Waals surface area contributed by atoms with Gasteiger partial charge in [0, 0.05) is 31.1 Å². The van der Waals surface area contributed by atoms with Crippen LogP contribution < -0.4 is 14.8 Å². The molecule has 0 unspecified atom stereocenters. The monoisotopic (exact) mass is 388 g/mol. The molecular weight excluding hydrogens is 356 g/mol. The third-order valence-corrected chi connectivity index (χ3v) is 6.02. The van der Waals surface area contributed by atoms with Gasteiger partial charge in [0.15, 0.2) is 11.5 Å². The largest absolute Gasteiger partial charge is 0.493 e. The number of rotatable bonds is 6. The summed E-state index contributed by atoms with van der Waals surface area (Å²) in [5.41, 5.74) is 0.549. The number of methoxy groups -OCH3 is 2. The van der Waals surface area contributed by atoms with Gasteiger partial charge in [-0.05, 0) is 49.8 Å². The Morgan fingerprint density at radius 1 is 1.00 bits per heavy atom. The van der Waals surface area contributed by atoms with Crippen molar-refractivity contribution in [2.45, 2.75) is 57.4 Å². The minimum absolute atomic E-state index is 0.0966. The van der Waals surface area contributed by atoms with E-state index in [0.717, 1.165) is 25.9 Å². The molecule has 1 aliphatic heterocycles. The lowest BCUT2D eigenvalue weighted by Gasteiger charge is -2.33. The van der Waals surface area contributed by atoms with Crippen molar-refractivity contribution in [3.05, 3.63) is 23.8 Å². The van der Waals surface area contributed by atoms with Crippen molar-refractivity contribution in [1.82, 2.24) is 10.2 Å². The molecule has 2 aliphatic rings. The fourth-order valence-corrected chi connectivity index (χ4v) is 4.29. The van der Waals surface area contributed by atoms with Gasteiger partial charge >= 0.3 is 0 Å². The molecule has 6 nitrogen and oxygen atoms in total. The molecule has 3 rings (SSSR count). The number of piperidine rings is 1. The molecule has 0 spiro atoms. The molecule has 6 heteroatoms. The molecule has 154 valence electrons.